The lowest BCUT2D eigenvalue weighted by molar-refractivity contribution is -0.124. The van der Waals surface area contributed by atoms with Crippen LogP contribution in [0.4, 0.5) is 10.1 Å². The van der Waals surface area contributed by atoms with Crippen LogP contribution in [0.25, 0.3) is 0 Å². The van der Waals surface area contributed by atoms with E-state index < -0.39 is 5.41 Å². The van der Waals surface area contributed by atoms with Gasteiger partial charge >= 0.3 is 0 Å². The first-order valence-electron chi connectivity index (χ1n) is 7.88. The number of ether oxygens (including phenoxy) is 2. The van der Waals surface area contributed by atoms with Crippen molar-refractivity contribution >= 4 is 11.6 Å². The van der Waals surface area contributed by atoms with Crippen molar-refractivity contribution in [2.75, 3.05) is 19.5 Å². The molecule has 0 unspecified atom stereocenters. The average Bonchev–Trinajstić information content (AvgIpc) is 2.55. The summed E-state index contributed by atoms with van der Waals surface area (Å²) in [5.41, 5.74) is 0.872. The smallest absolute Gasteiger partial charge is 0.235 e. The number of hydrogen-bond donors (Lipinski definition) is 1. The topological polar surface area (TPSA) is 47.6 Å². The number of benzene rings is 2. The van der Waals surface area contributed by atoms with E-state index >= 15 is 0 Å². The molecule has 1 amide bonds. The van der Waals surface area contributed by atoms with Crippen molar-refractivity contribution in [2.45, 2.75) is 24.7 Å². The number of nitrogens with one attached hydrogen (secondary N) is 1. The molecule has 3 rings (SSSR count). The molecule has 1 N–H and O–H groups in total. The van der Waals surface area contributed by atoms with Gasteiger partial charge in [0.25, 0.3) is 0 Å². The fraction of sp³-hybridized carbons (Fsp3) is 0.316. The fourth-order valence-electron chi connectivity index (χ4n) is 3.08. The summed E-state index contributed by atoms with van der Waals surface area (Å²) < 4.78 is 23.6. The van der Waals surface area contributed by atoms with Crippen LogP contribution in [0, 0.1) is 5.82 Å². The number of halogens is 1. The first-order valence-corrected chi connectivity index (χ1v) is 7.88. The van der Waals surface area contributed by atoms with Gasteiger partial charge in [-0.3, -0.25) is 4.79 Å². The monoisotopic (exact) mass is 329 g/mol. The van der Waals surface area contributed by atoms with Crippen molar-refractivity contribution < 1.29 is 18.7 Å². The van der Waals surface area contributed by atoms with Crippen molar-refractivity contribution in [3.05, 3.63) is 53.8 Å². The SMILES string of the molecule is COc1cc(NC(=O)C2(c3ccc(F)cc3)CCC2)cc(OC)c1. The summed E-state index contributed by atoms with van der Waals surface area (Å²) in [6.07, 6.45) is 2.49. The van der Waals surface area contributed by atoms with E-state index in [9.17, 15) is 9.18 Å². The number of carbonyl (C=O) groups excluding carboxylic acids is 1. The molecule has 126 valence electrons. The summed E-state index contributed by atoms with van der Waals surface area (Å²) in [7, 11) is 3.12. The zero-order valence-corrected chi connectivity index (χ0v) is 13.8. The Kier molecular flexibility index (Phi) is 4.42. The lowest BCUT2D eigenvalue weighted by Crippen LogP contribution is -2.46. The van der Waals surface area contributed by atoms with Crippen molar-refractivity contribution in [3.63, 3.8) is 0 Å². The normalized spacial score (nSPS) is 15.3. The Morgan fingerprint density at radius 1 is 1.04 bits per heavy atom. The standard InChI is InChI=1S/C19H20FNO3/c1-23-16-10-15(11-17(12-16)24-2)21-18(22)19(8-3-9-19)13-4-6-14(20)7-5-13/h4-7,10-12H,3,8-9H2,1-2H3,(H,21,22). The molecular weight excluding hydrogens is 309 g/mol. The number of methoxy groups -OCH3 is 2. The Bertz CT molecular complexity index is 717. The van der Waals surface area contributed by atoms with Gasteiger partial charge in [0.2, 0.25) is 5.91 Å². The second-order valence-electron chi connectivity index (χ2n) is 6.00. The van der Waals surface area contributed by atoms with Gasteiger partial charge in [0, 0.05) is 23.9 Å². The van der Waals surface area contributed by atoms with Crippen LogP contribution in [0.2, 0.25) is 0 Å². The molecule has 0 saturated heterocycles. The summed E-state index contributed by atoms with van der Waals surface area (Å²) in [4.78, 5) is 12.9. The second-order valence-corrected chi connectivity index (χ2v) is 6.00. The first-order chi connectivity index (χ1) is 11.6. The van der Waals surface area contributed by atoms with Gasteiger partial charge < -0.3 is 14.8 Å². The van der Waals surface area contributed by atoms with Gasteiger partial charge in [-0.1, -0.05) is 18.6 Å². The molecule has 5 heteroatoms. The van der Waals surface area contributed by atoms with Crippen LogP contribution in [0.5, 0.6) is 11.5 Å². The highest BCUT2D eigenvalue weighted by Gasteiger charge is 2.45. The Hall–Kier alpha value is -2.56. The van der Waals surface area contributed by atoms with Gasteiger partial charge in [-0.15, -0.1) is 0 Å². The highest BCUT2D eigenvalue weighted by Crippen LogP contribution is 2.44. The van der Waals surface area contributed by atoms with Crippen molar-refractivity contribution in [2.24, 2.45) is 0 Å². The van der Waals surface area contributed by atoms with Crippen LogP contribution >= 0.6 is 0 Å². The molecular formula is C19H20FNO3. The van der Waals surface area contributed by atoms with Crippen LogP contribution < -0.4 is 14.8 Å². The van der Waals surface area contributed by atoms with E-state index in [1.165, 1.54) is 12.1 Å². The summed E-state index contributed by atoms with van der Waals surface area (Å²) in [6.45, 7) is 0. The minimum absolute atomic E-state index is 0.0873. The third-order valence-corrected chi connectivity index (χ3v) is 4.65. The predicted molar refractivity (Wildman–Crippen MR) is 90.1 cm³/mol. The molecule has 1 fully saturated rings. The summed E-state index contributed by atoms with van der Waals surface area (Å²) in [5.74, 6) is 0.824. The molecule has 4 nitrogen and oxygen atoms in total. The van der Waals surface area contributed by atoms with Gasteiger partial charge in [-0.2, -0.15) is 0 Å². The van der Waals surface area contributed by atoms with E-state index in [-0.39, 0.29) is 11.7 Å². The molecule has 2 aromatic carbocycles. The van der Waals surface area contributed by atoms with Crippen molar-refractivity contribution in [3.8, 4) is 11.5 Å². The lowest BCUT2D eigenvalue weighted by atomic mass is 9.64. The van der Waals surface area contributed by atoms with Crippen LogP contribution in [0.1, 0.15) is 24.8 Å². The predicted octanol–water partition coefficient (Wildman–Crippen LogP) is 3.90. The molecule has 0 radical (unpaired) electrons. The highest BCUT2D eigenvalue weighted by molar-refractivity contribution is 6.00. The maximum Gasteiger partial charge on any atom is 0.235 e. The van der Waals surface area contributed by atoms with E-state index in [4.69, 9.17) is 9.47 Å². The van der Waals surface area contributed by atoms with E-state index in [1.807, 2.05) is 0 Å². The first kappa shape index (κ1) is 16.3. The van der Waals surface area contributed by atoms with E-state index in [0.29, 0.717) is 17.2 Å². The maximum absolute atomic E-state index is 13.2. The van der Waals surface area contributed by atoms with E-state index in [2.05, 4.69) is 5.32 Å². The molecule has 0 atom stereocenters. The Labute approximate surface area is 140 Å². The van der Waals surface area contributed by atoms with E-state index in [0.717, 1.165) is 24.8 Å². The molecule has 1 aliphatic rings. The van der Waals surface area contributed by atoms with Crippen LogP contribution in [0.15, 0.2) is 42.5 Å². The average molecular weight is 329 g/mol. The molecule has 1 saturated carbocycles. The van der Waals surface area contributed by atoms with Crippen molar-refractivity contribution in [1.29, 1.82) is 0 Å². The Balaban J connectivity index is 1.86. The van der Waals surface area contributed by atoms with Crippen LogP contribution in [-0.4, -0.2) is 20.1 Å². The van der Waals surface area contributed by atoms with Gasteiger partial charge in [-0.25, -0.2) is 4.39 Å². The number of hydrogen-bond acceptors (Lipinski definition) is 3. The fourth-order valence-corrected chi connectivity index (χ4v) is 3.08. The number of anilines is 1. The molecule has 2 aromatic rings. The van der Waals surface area contributed by atoms with Crippen molar-refractivity contribution in [1.82, 2.24) is 0 Å². The number of rotatable bonds is 5. The molecule has 0 bridgehead atoms. The Morgan fingerprint density at radius 3 is 2.08 bits per heavy atom. The summed E-state index contributed by atoms with van der Waals surface area (Å²) >= 11 is 0. The molecule has 0 aromatic heterocycles. The molecule has 24 heavy (non-hydrogen) atoms. The zero-order valence-electron chi connectivity index (χ0n) is 13.8. The highest BCUT2D eigenvalue weighted by atomic mass is 19.1. The summed E-state index contributed by atoms with van der Waals surface area (Å²) in [6, 6.07) is 11.4. The summed E-state index contributed by atoms with van der Waals surface area (Å²) in [5, 5.41) is 2.95. The van der Waals surface area contributed by atoms with Crippen LogP contribution in [0.3, 0.4) is 0 Å². The quantitative estimate of drug-likeness (QED) is 0.905. The molecule has 1 aliphatic carbocycles. The molecule has 0 heterocycles. The van der Waals surface area contributed by atoms with E-state index in [1.54, 1.807) is 44.6 Å². The largest absolute Gasteiger partial charge is 0.497 e. The van der Waals surface area contributed by atoms with Gasteiger partial charge in [0.15, 0.2) is 0 Å². The third-order valence-electron chi connectivity index (χ3n) is 4.65. The molecule has 0 aliphatic heterocycles. The second kappa shape index (κ2) is 6.51. The van der Waals surface area contributed by atoms with Gasteiger partial charge in [0.1, 0.15) is 17.3 Å². The Morgan fingerprint density at radius 2 is 1.62 bits per heavy atom. The van der Waals surface area contributed by atoms with Gasteiger partial charge in [0.05, 0.1) is 19.6 Å². The zero-order chi connectivity index (χ0) is 17.2. The lowest BCUT2D eigenvalue weighted by Gasteiger charge is -2.40. The third kappa shape index (κ3) is 2.94. The van der Waals surface area contributed by atoms with Crippen LogP contribution in [-0.2, 0) is 10.2 Å². The maximum atomic E-state index is 13.2. The van der Waals surface area contributed by atoms with Gasteiger partial charge in [-0.05, 0) is 30.5 Å². The number of amides is 1. The minimum Gasteiger partial charge on any atom is -0.497 e. The minimum atomic E-state index is -0.593. The number of carbonyl (C=O) groups is 1. The molecule has 0 spiro atoms.